The van der Waals surface area contributed by atoms with Crippen molar-refractivity contribution in [1.82, 2.24) is 5.32 Å². The summed E-state index contributed by atoms with van der Waals surface area (Å²) in [5, 5.41) is 6.53. The first-order valence-corrected chi connectivity index (χ1v) is 6.45. The van der Waals surface area contributed by atoms with Crippen LogP contribution in [0.5, 0.6) is 0 Å². The van der Waals surface area contributed by atoms with Crippen LogP contribution in [-0.2, 0) is 0 Å². The molecule has 1 atom stereocenters. The Morgan fingerprint density at radius 3 is 3.12 bits per heavy atom. The predicted molar refractivity (Wildman–Crippen MR) is 68.2 cm³/mol. The van der Waals surface area contributed by atoms with Crippen LogP contribution < -0.4 is 10.6 Å². The van der Waals surface area contributed by atoms with Gasteiger partial charge in [-0.05, 0) is 59.9 Å². The van der Waals surface area contributed by atoms with Gasteiger partial charge in [0.25, 0.3) is 0 Å². The third kappa shape index (κ3) is 2.95. The second-order valence-electron chi connectivity index (χ2n) is 4.19. The topological polar surface area (TPSA) is 24.1 Å². The highest BCUT2D eigenvalue weighted by Crippen LogP contribution is 2.23. The number of halogens is 2. The molecule has 0 saturated carbocycles. The van der Waals surface area contributed by atoms with E-state index in [0.29, 0.717) is 16.1 Å². The lowest BCUT2D eigenvalue weighted by Crippen LogP contribution is -2.33. The van der Waals surface area contributed by atoms with Gasteiger partial charge >= 0.3 is 0 Å². The van der Waals surface area contributed by atoms with Gasteiger partial charge in [-0.1, -0.05) is 6.07 Å². The number of benzene rings is 1. The number of anilines is 1. The van der Waals surface area contributed by atoms with E-state index in [0.717, 1.165) is 19.6 Å². The summed E-state index contributed by atoms with van der Waals surface area (Å²) in [6, 6.07) is 5.33. The van der Waals surface area contributed by atoms with Crippen LogP contribution in [0.4, 0.5) is 10.1 Å². The van der Waals surface area contributed by atoms with Crippen molar-refractivity contribution in [3.05, 3.63) is 28.5 Å². The molecule has 1 unspecified atom stereocenters. The monoisotopic (exact) mass is 286 g/mol. The van der Waals surface area contributed by atoms with E-state index in [1.54, 1.807) is 12.1 Å². The molecule has 1 fully saturated rings. The highest BCUT2D eigenvalue weighted by atomic mass is 79.9. The molecule has 1 aliphatic rings. The first-order chi connectivity index (χ1) is 7.77. The predicted octanol–water partition coefficient (Wildman–Crippen LogP) is 3.00. The minimum absolute atomic E-state index is 0.203. The molecular weight excluding hydrogens is 271 g/mol. The number of rotatable bonds is 3. The summed E-state index contributed by atoms with van der Waals surface area (Å²) in [6.45, 7) is 2.98. The molecular formula is C12H16BrFN2. The van der Waals surface area contributed by atoms with E-state index in [1.165, 1.54) is 12.8 Å². The van der Waals surface area contributed by atoms with Crippen molar-refractivity contribution >= 4 is 21.6 Å². The summed E-state index contributed by atoms with van der Waals surface area (Å²) in [5.41, 5.74) is 0.583. The first-order valence-electron chi connectivity index (χ1n) is 5.66. The zero-order valence-corrected chi connectivity index (χ0v) is 10.7. The minimum Gasteiger partial charge on any atom is -0.382 e. The van der Waals surface area contributed by atoms with Gasteiger partial charge < -0.3 is 10.6 Å². The first kappa shape index (κ1) is 11.9. The summed E-state index contributed by atoms with van der Waals surface area (Å²) >= 11 is 3.18. The lowest BCUT2D eigenvalue weighted by atomic mass is 10.00. The van der Waals surface area contributed by atoms with Gasteiger partial charge in [-0.3, -0.25) is 0 Å². The fraction of sp³-hybridized carbons (Fsp3) is 0.500. The molecule has 0 spiro atoms. The van der Waals surface area contributed by atoms with Gasteiger partial charge in [-0.2, -0.15) is 0 Å². The molecule has 0 aliphatic carbocycles. The molecule has 1 saturated heterocycles. The largest absolute Gasteiger partial charge is 0.382 e. The van der Waals surface area contributed by atoms with Crippen molar-refractivity contribution in [2.24, 2.45) is 5.92 Å². The normalized spacial score (nSPS) is 20.8. The van der Waals surface area contributed by atoms with Crippen LogP contribution in [0, 0.1) is 11.7 Å². The van der Waals surface area contributed by atoms with E-state index >= 15 is 0 Å². The van der Waals surface area contributed by atoms with Crippen LogP contribution >= 0.6 is 15.9 Å². The van der Waals surface area contributed by atoms with Gasteiger partial charge in [-0.15, -0.1) is 0 Å². The lowest BCUT2D eigenvalue weighted by Gasteiger charge is -2.23. The Balaban J connectivity index is 1.91. The Hall–Kier alpha value is -0.610. The van der Waals surface area contributed by atoms with Crippen molar-refractivity contribution in [3.8, 4) is 0 Å². The molecule has 0 radical (unpaired) electrons. The number of nitrogens with one attached hydrogen (secondary N) is 2. The molecule has 2 N–H and O–H groups in total. The Morgan fingerprint density at radius 2 is 2.38 bits per heavy atom. The Morgan fingerprint density at radius 1 is 1.50 bits per heavy atom. The summed E-state index contributed by atoms with van der Waals surface area (Å²) < 4.78 is 14.1. The fourth-order valence-electron chi connectivity index (χ4n) is 1.99. The van der Waals surface area contributed by atoms with Gasteiger partial charge in [-0.25, -0.2) is 4.39 Å². The molecule has 2 rings (SSSR count). The van der Waals surface area contributed by atoms with Crippen molar-refractivity contribution in [2.75, 3.05) is 25.0 Å². The second-order valence-corrected chi connectivity index (χ2v) is 5.05. The molecule has 1 aliphatic heterocycles. The average Bonchev–Trinajstić information content (AvgIpc) is 2.32. The maximum absolute atomic E-state index is 13.6. The summed E-state index contributed by atoms with van der Waals surface area (Å²) in [5.74, 6) is 0.401. The van der Waals surface area contributed by atoms with Crippen LogP contribution in [0.3, 0.4) is 0 Å². The quantitative estimate of drug-likeness (QED) is 0.893. The minimum atomic E-state index is -0.203. The van der Waals surface area contributed by atoms with E-state index in [9.17, 15) is 4.39 Å². The average molecular weight is 287 g/mol. The molecule has 1 heterocycles. The highest BCUT2D eigenvalue weighted by molar-refractivity contribution is 9.10. The SMILES string of the molecule is Fc1c(Br)cccc1NCC1CCCNC1. The number of hydrogen-bond donors (Lipinski definition) is 2. The Kier molecular flexibility index (Phi) is 4.18. The maximum atomic E-state index is 13.6. The van der Waals surface area contributed by atoms with Crippen LogP contribution in [0.25, 0.3) is 0 Å². The van der Waals surface area contributed by atoms with Crippen molar-refractivity contribution in [1.29, 1.82) is 0 Å². The van der Waals surface area contributed by atoms with Crippen LogP contribution in [0.1, 0.15) is 12.8 Å². The molecule has 2 nitrogen and oxygen atoms in total. The molecule has 1 aromatic rings. The zero-order valence-electron chi connectivity index (χ0n) is 9.10. The van der Waals surface area contributed by atoms with Crippen LogP contribution in [0.2, 0.25) is 0 Å². The number of hydrogen-bond acceptors (Lipinski definition) is 2. The van der Waals surface area contributed by atoms with E-state index < -0.39 is 0 Å². The van der Waals surface area contributed by atoms with Crippen molar-refractivity contribution < 1.29 is 4.39 Å². The van der Waals surface area contributed by atoms with Crippen LogP contribution in [0.15, 0.2) is 22.7 Å². The van der Waals surface area contributed by atoms with E-state index in [2.05, 4.69) is 26.6 Å². The summed E-state index contributed by atoms with van der Waals surface area (Å²) in [4.78, 5) is 0. The smallest absolute Gasteiger partial charge is 0.160 e. The standard InChI is InChI=1S/C12H16BrFN2/c13-10-4-1-5-11(12(10)14)16-8-9-3-2-6-15-7-9/h1,4-5,9,15-16H,2-3,6-8H2. The third-order valence-corrected chi connectivity index (χ3v) is 3.54. The van der Waals surface area contributed by atoms with Gasteiger partial charge in [0, 0.05) is 6.54 Å². The van der Waals surface area contributed by atoms with Gasteiger partial charge in [0.15, 0.2) is 5.82 Å². The summed E-state index contributed by atoms with van der Waals surface area (Å²) in [6.07, 6.45) is 2.43. The summed E-state index contributed by atoms with van der Waals surface area (Å²) in [7, 11) is 0. The molecule has 0 amide bonds. The Labute approximate surface area is 104 Å². The number of piperidine rings is 1. The third-order valence-electron chi connectivity index (χ3n) is 2.93. The molecule has 0 bridgehead atoms. The highest BCUT2D eigenvalue weighted by Gasteiger charge is 2.13. The molecule has 0 aromatic heterocycles. The van der Waals surface area contributed by atoms with Gasteiger partial charge in [0.2, 0.25) is 0 Å². The fourth-order valence-corrected chi connectivity index (χ4v) is 2.36. The molecule has 88 valence electrons. The molecule has 16 heavy (non-hydrogen) atoms. The van der Waals surface area contributed by atoms with E-state index in [-0.39, 0.29) is 5.82 Å². The maximum Gasteiger partial charge on any atom is 0.160 e. The van der Waals surface area contributed by atoms with Gasteiger partial charge in [0.05, 0.1) is 10.2 Å². The van der Waals surface area contributed by atoms with Gasteiger partial charge in [0.1, 0.15) is 0 Å². The Bertz CT molecular complexity index is 351. The molecule has 4 heteroatoms. The zero-order chi connectivity index (χ0) is 11.4. The lowest BCUT2D eigenvalue weighted by molar-refractivity contribution is 0.392. The second kappa shape index (κ2) is 5.64. The van der Waals surface area contributed by atoms with Crippen molar-refractivity contribution in [2.45, 2.75) is 12.8 Å². The van der Waals surface area contributed by atoms with E-state index in [4.69, 9.17) is 0 Å². The van der Waals surface area contributed by atoms with E-state index in [1.807, 2.05) is 6.07 Å². The molecule has 1 aromatic carbocycles. The van der Waals surface area contributed by atoms with Crippen LogP contribution in [-0.4, -0.2) is 19.6 Å². The van der Waals surface area contributed by atoms with Crippen molar-refractivity contribution in [3.63, 3.8) is 0 Å².